The standard InChI is InChI=1S/C9H17N3OS/c1-7-8(13-6-4-5-10)14-9(11-7)12(2)3/h4-6,10H2,1-3H3. The van der Waals surface area contributed by atoms with Crippen LogP contribution < -0.4 is 15.4 Å². The molecule has 0 saturated heterocycles. The number of hydrogen-bond donors (Lipinski definition) is 1. The van der Waals surface area contributed by atoms with E-state index in [0.717, 1.165) is 22.3 Å². The van der Waals surface area contributed by atoms with Crippen molar-refractivity contribution in [1.29, 1.82) is 0 Å². The van der Waals surface area contributed by atoms with Crippen molar-refractivity contribution in [2.75, 3.05) is 32.1 Å². The molecule has 0 fully saturated rings. The predicted molar refractivity (Wildman–Crippen MR) is 60.3 cm³/mol. The third-order valence-corrected chi connectivity index (χ3v) is 2.94. The Morgan fingerprint density at radius 3 is 2.71 bits per heavy atom. The Morgan fingerprint density at radius 1 is 1.50 bits per heavy atom. The van der Waals surface area contributed by atoms with E-state index in [1.54, 1.807) is 11.3 Å². The van der Waals surface area contributed by atoms with Crippen molar-refractivity contribution in [3.63, 3.8) is 0 Å². The number of rotatable bonds is 5. The van der Waals surface area contributed by atoms with Crippen LogP contribution >= 0.6 is 11.3 Å². The highest BCUT2D eigenvalue weighted by Gasteiger charge is 2.09. The van der Waals surface area contributed by atoms with Crippen molar-refractivity contribution in [1.82, 2.24) is 4.98 Å². The van der Waals surface area contributed by atoms with Gasteiger partial charge < -0.3 is 15.4 Å². The second-order valence-electron chi connectivity index (χ2n) is 3.25. The predicted octanol–water partition coefficient (Wildman–Crippen LogP) is 1.25. The van der Waals surface area contributed by atoms with Gasteiger partial charge in [0.2, 0.25) is 0 Å². The lowest BCUT2D eigenvalue weighted by Gasteiger charge is -2.05. The fraction of sp³-hybridized carbons (Fsp3) is 0.667. The van der Waals surface area contributed by atoms with E-state index in [-0.39, 0.29) is 0 Å². The second kappa shape index (κ2) is 5.17. The number of thiazole rings is 1. The molecule has 0 radical (unpaired) electrons. The van der Waals surface area contributed by atoms with Crippen LogP contribution in [0.2, 0.25) is 0 Å². The highest BCUT2D eigenvalue weighted by atomic mass is 32.1. The van der Waals surface area contributed by atoms with Gasteiger partial charge in [-0.25, -0.2) is 4.98 Å². The third kappa shape index (κ3) is 2.85. The summed E-state index contributed by atoms with van der Waals surface area (Å²) in [4.78, 5) is 6.36. The van der Waals surface area contributed by atoms with Crippen molar-refractivity contribution in [3.05, 3.63) is 5.69 Å². The van der Waals surface area contributed by atoms with Crippen LogP contribution in [0.3, 0.4) is 0 Å². The first-order chi connectivity index (χ1) is 6.65. The number of anilines is 1. The third-order valence-electron chi connectivity index (χ3n) is 1.71. The maximum atomic E-state index is 5.56. The Morgan fingerprint density at radius 2 is 2.21 bits per heavy atom. The Bertz CT molecular complexity index is 286. The molecule has 0 bridgehead atoms. The summed E-state index contributed by atoms with van der Waals surface area (Å²) in [5.41, 5.74) is 6.34. The summed E-state index contributed by atoms with van der Waals surface area (Å²) in [6, 6.07) is 0. The molecule has 0 amide bonds. The minimum absolute atomic E-state index is 0.665. The van der Waals surface area contributed by atoms with Crippen LogP contribution in [0.1, 0.15) is 12.1 Å². The molecule has 0 aliphatic rings. The van der Waals surface area contributed by atoms with Crippen molar-refractivity contribution < 1.29 is 4.74 Å². The van der Waals surface area contributed by atoms with Crippen molar-refractivity contribution in [2.24, 2.45) is 5.73 Å². The highest BCUT2D eigenvalue weighted by Crippen LogP contribution is 2.31. The second-order valence-corrected chi connectivity index (χ2v) is 4.19. The van der Waals surface area contributed by atoms with Gasteiger partial charge in [0.25, 0.3) is 0 Å². The van der Waals surface area contributed by atoms with Crippen LogP contribution in [0.4, 0.5) is 5.13 Å². The Balaban J connectivity index is 2.58. The van der Waals surface area contributed by atoms with E-state index in [9.17, 15) is 0 Å². The Labute approximate surface area is 88.7 Å². The van der Waals surface area contributed by atoms with Gasteiger partial charge in [0, 0.05) is 14.1 Å². The molecule has 1 aromatic heterocycles. The molecule has 0 spiro atoms. The summed E-state index contributed by atoms with van der Waals surface area (Å²) in [6.45, 7) is 3.30. The van der Waals surface area contributed by atoms with Crippen molar-refractivity contribution >= 4 is 16.5 Å². The number of hydrogen-bond acceptors (Lipinski definition) is 5. The molecule has 0 saturated carbocycles. The van der Waals surface area contributed by atoms with E-state index in [4.69, 9.17) is 10.5 Å². The SMILES string of the molecule is Cc1nc(N(C)C)sc1OCCCN. The van der Waals surface area contributed by atoms with E-state index < -0.39 is 0 Å². The van der Waals surface area contributed by atoms with Gasteiger partial charge in [-0.05, 0) is 19.9 Å². The molecule has 0 aromatic carbocycles. The molecule has 5 heteroatoms. The lowest BCUT2D eigenvalue weighted by molar-refractivity contribution is 0.319. The minimum atomic E-state index is 0.665. The summed E-state index contributed by atoms with van der Waals surface area (Å²) >= 11 is 1.57. The van der Waals surface area contributed by atoms with E-state index in [1.165, 1.54) is 0 Å². The van der Waals surface area contributed by atoms with Crippen LogP contribution in [0.5, 0.6) is 5.06 Å². The highest BCUT2D eigenvalue weighted by molar-refractivity contribution is 7.17. The lowest BCUT2D eigenvalue weighted by atomic mass is 10.5. The first-order valence-electron chi connectivity index (χ1n) is 4.62. The van der Waals surface area contributed by atoms with Gasteiger partial charge in [-0.1, -0.05) is 11.3 Å². The summed E-state index contributed by atoms with van der Waals surface area (Å²) in [5, 5.41) is 1.88. The zero-order valence-corrected chi connectivity index (χ0v) is 9.73. The maximum absolute atomic E-state index is 5.56. The van der Waals surface area contributed by atoms with Crippen molar-refractivity contribution in [2.45, 2.75) is 13.3 Å². The Hall–Kier alpha value is -0.810. The first-order valence-corrected chi connectivity index (χ1v) is 5.44. The van der Waals surface area contributed by atoms with Crippen LogP contribution in [0.15, 0.2) is 0 Å². The van der Waals surface area contributed by atoms with Crippen molar-refractivity contribution in [3.8, 4) is 5.06 Å². The molecule has 0 atom stereocenters. The summed E-state index contributed by atoms with van der Waals surface area (Å²) in [5.74, 6) is 0. The number of nitrogens with zero attached hydrogens (tertiary/aromatic N) is 2. The molecule has 80 valence electrons. The number of aromatic nitrogens is 1. The number of aryl methyl sites for hydroxylation is 1. The van der Waals surface area contributed by atoms with E-state index in [1.807, 2.05) is 25.9 Å². The van der Waals surface area contributed by atoms with Gasteiger partial charge in [-0.2, -0.15) is 0 Å². The molecule has 0 unspecified atom stereocenters. The van der Waals surface area contributed by atoms with Crippen LogP contribution in [-0.4, -0.2) is 32.2 Å². The molecular formula is C9H17N3OS. The molecular weight excluding hydrogens is 198 g/mol. The van der Waals surface area contributed by atoms with E-state index in [2.05, 4.69) is 4.98 Å². The molecule has 0 aliphatic carbocycles. The first kappa shape index (κ1) is 11.3. The molecule has 4 nitrogen and oxygen atoms in total. The molecule has 1 heterocycles. The number of nitrogens with two attached hydrogens (primary N) is 1. The van der Waals surface area contributed by atoms with Gasteiger partial charge in [-0.3, -0.25) is 0 Å². The van der Waals surface area contributed by atoms with E-state index >= 15 is 0 Å². The quantitative estimate of drug-likeness (QED) is 0.751. The van der Waals surface area contributed by atoms with Crippen LogP contribution in [-0.2, 0) is 0 Å². The fourth-order valence-corrected chi connectivity index (χ4v) is 1.81. The summed E-state index contributed by atoms with van der Waals surface area (Å²) < 4.78 is 5.56. The zero-order valence-electron chi connectivity index (χ0n) is 8.91. The van der Waals surface area contributed by atoms with Gasteiger partial charge in [-0.15, -0.1) is 0 Å². The summed E-state index contributed by atoms with van der Waals surface area (Å²) in [6.07, 6.45) is 0.884. The van der Waals surface area contributed by atoms with Crippen LogP contribution in [0.25, 0.3) is 0 Å². The largest absolute Gasteiger partial charge is 0.482 e. The van der Waals surface area contributed by atoms with E-state index in [0.29, 0.717) is 13.2 Å². The zero-order chi connectivity index (χ0) is 10.6. The van der Waals surface area contributed by atoms with Crippen LogP contribution in [0, 0.1) is 6.92 Å². The molecule has 1 aromatic rings. The summed E-state index contributed by atoms with van der Waals surface area (Å²) in [7, 11) is 3.95. The van der Waals surface area contributed by atoms with Gasteiger partial charge in [0.05, 0.1) is 12.3 Å². The molecule has 2 N–H and O–H groups in total. The fourth-order valence-electron chi connectivity index (χ4n) is 0.942. The van der Waals surface area contributed by atoms with Gasteiger partial charge in [0.1, 0.15) is 0 Å². The molecule has 1 rings (SSSR count). The smallest absolute Gasteiger partial charge is 0.198 e. The monoisotopic (exact) mass is 215 g/mol. The van der Waals surface area contributed by atoms with Gasteiger partial charge >= 0.3 is 0 Å². The topological polar surface area (TPSA) is 51.4 Å². The average Bonchev–Trinajstić information content (AvgIpc) is 2.49. The lowest BCUT2D eigenvalue weighted by Crippen LogP contribution is -2.07. The average molecular weight is 215 g/mol. The minimum Gasteiger partial charge on any atom is -0.482 e. The molecule has 0 aliphatic heterocycles. The maximum Gasteiger partial charge on any atom is 0.198 e. The Kier molecular flexibility index (Phi) is 4.16. The van der Waals surface area contributed by atoms with Gasteiger partial charge in [0.15, 0.2) is 10.2 Å². The normalized spacial score (nSPS) is 10.3. The number of ether oxygens (including phenoxy) is 1. The molecule has 14 heavy (non-hydrogen) atoms.